The van der Waals surface area contributed by atoms with E-state index in [-0.39, 0.29) is 27.2 Å². The molecule has 1 unspecified atom stereocenters. The Bertz CT molecular complexity index is 1330. The summed E-state index contributed by atoms with van der Waals surface area (Å²) in [5.41, 5.74) is 0.804. The molecule has 0 aliphatic carbocycles. The Hall–Kier alpha value is -2.79. The Kier molecular flexibility index (Phi) is 7.85. The number of amides is 1. The summed E-state index contributed by atoms with van der Waals surface area (Å²) in [6.07, 6.45) is 3.24. The second kappa shape index (κ2) is 10.4. The molecule has 2 aromatic heterocycles. The molecule has 0 aliphatic heterocycles. The molecule has 2 heterocycles. The molecule has 174 valence electrons. The molecule has 12 heteroatoms. The molecular formula is C21H21Cl2N5O4S. The molecule has 0 aliphatic rings. The summed E-state index contributed by atoms with van der Waals surface area (Å²) >= 11 is 11.6. The van der Waals surface area contributed by atoms with Crippen molar-refractivity contribution >= 4 is 44.8 Å². The first kappa shape index (κ1) is 24.8. The molecule has 3 rings (SSSR count). The number of carbonyl (C=O) groups excluding carboxylic acids is 1. The van der Waals surface area contributed by atoms with Crippen molar-refractivity contribution in [2.24, 2.45) is 0 Å². The van der Waals surface area contributed by atoms with Gasteiger partial charge in [-0.25, -0.2) is 17.8 Å². The standard InChI is InChI=1S/C21H21Cl2N5O4S/c1-13-6-7-16(27-20(29)14(2)28-21(30)19(23)17(22)12-25-28)11-18(13)33(31,32)26-10-8-15-5-3-4-9-24-15/h3-7,9,11-12,14,26H,8,10H2,1-2H3,(H,27,29). The summed E-state index contributed by atoms with van der Waals surface area (Å²) in [7, 11) is -3.84. The largest absolute Gasteiger partial charge is 0.324 e. The maximum atomic E-state index is 12.8. The third-order valence-electron chi connectivity index (χ3n) is 4.79. The van der Waals surface area contributed by atoms with Crippen LogP contribution in [0.2, 0.25) is 10.0 Å². The lowest BCUT2D eigenvalue weighted by Gasteiger charge is -2.16. The molecular weight excluding hydrogens is 489 g/mol. The lowest BCUT2D eigenvalue weighted by atomic mass is 10.2. The maximum absolute atomic E-state index is 12.8. The van der Waals surface area contributed by atoms with E-state index in [1.54, 1.807) is 31.3 Å². The summed E-state index contributed by atoms with van der Waals surface area (Å²) < 4.78 is 29.1. The zero-order valence-corrected chi connectivity index (χ0v) is 20.1. The SMILES string of the molecule is Cc1ccc(NC(=O)C(C)n2ncc(Cl)c(Cl)c2=O)cc1S(=O)(=O)NCCc1ccccn1. The van der Waals surface area contributed by atoms with Gasteiger partial charge < -0.3 is 5.32 Å². The van der Waals surface area contributed by atoms with Crippen LogP contribution in [0.1, 0.15) is 24.2 Å². The first-order valence-corrected chi connectivity index (χ1v) is 12.1. The Morgan fingerprint density at radius 3 is 2.67 bits per heavy atom. The summed E-state index contributed by atoms with van der Waals surface area (Å²) in [6, 6.07) is 8.90. The van der Waals surface area contributed by atoms with Crippen molar-refractivity contribution in [3.05, 3.63) is 80.4 Å². The number of sulfonamides is 1. The van der Waals surface area contributed by atoms with Gasteiger partial charge >= 0.3 is 0 Å². The number of carbonyl (C=O) groups is 1. The summed E-state index contributed by atoms with van der Waals surface area (Å²) in [4.78, 5) is 29.1. The number of anilines is 1. The fraction of sp³-hybridized carbons (Fsp3) is 0.238. The second-order valence-electron chi connectivity index (χ2n) is 7.17. The van der Waals surface area contributed by atoms with Crippen molar-refractivity contribution in [1.82, 2.24) is 19.5 Å². The van der Waals surface area contributed by atoms with Crippen molar-refractivity contribution in [1.29, 1.82) is 0 Å². The van der Waals surface area contributed by atoms with Crippen LogP contribution in [-0.4, -0.2) is 35.6 Å². The zero-order chi connectivity index (χ0) is 24.2. The second-order valence-corrected chi connectivity index (χ2v) is 9.69. The fourth-order valence-corrected chi connectivity index (χ4v) is 4.52. The van der Waals surface area contributed by atoms with E-state index >= 15 is 0 Å². The van der Waals surface area contributed by atoms with Crippen molar-refractivity contribution in [2.75, 3.05) is 11.9 Å². The number of pyridine rings is 1. The van der Waals surface area contributed by atoms with E-state index in [4.69, 9.17) is 23.2 Å². The average Bonchev–Trinajstić information content (AvgIpc) is 2.79. The van der Waals surface area contributed by atoms with Gasteiger partial charge in [-0.2, -0.15) is 5.10 Å². The molecule has 1 amide bonds. The molecule has 0 saturated carbocycles. The van der Waals surface area contributed by atoms with Gasteiger partial charge in [0.2, 0.25) is 15.9 Å². The van der Waals surface area contributed by atoms with Crippen molar-refractivity contribution in [3.63, 3.8) is 0 Å². The van der Waals surface area contributed by atoms with Gasteiger partial charge in [0.1, 0.15) is 11.1 Å². The van der Waals surface area contributed by atoms with E-state index in [1.807, 2.05) is 12.1 Å². The lowest BCUT2D eigenvalue weighted by molar-refractivity contribution is -0.119. The van der Waals surface area contributed by atoms with Crippen LogP contribution >= 0.6 is 23.2 Å². The van der Waals surface area contributed by atoms with Gasteiger partial charge in [-0.3, -0.25) is 14.6 Å². The number of aromatic nitrogens is 3. The molecule has 1 aromatic carbocycles. The predicted octanol–water partition coefficient (Wildman–Crippen LogP) is 2.97. The fourth-order valence-electron chi connectivity index (χ4n) is 2.96. The summed E-state index contributed by atoms with van der Waals surface area (Å²) in [6.45, 7) is 3.28. The van der Waals surface area contributed by atoms with Gasteiger partial charge in [0.05, 0.1) is 16.1 Å². The van der Waals surface area contributed by atoms with Gasteiger partial charge in [0.25, 0.3) is 5.56 Å². The van der Waals surface area contributed by atoms with Crippen LogP contribution in [0.25, 0.3) is 0 Å². The molecule has 9 nitrogen and oxygen atoms in total. The highest BCUT2D eigenvalue weighted by Gasteiger charge is 2.22. The van der Waals surface area contributed by atoms with Crippen LogP contribution in [0.15, 0.2) is 58.5 Å². The molecule has 0 radical (unpaired) electrons. The number of benzene rings is 1. The number of nitrogens with one attached hydrogen (secondary N) is 2. The highest BCUT2D eigenvalue weighted by molar-refractivity contribution is 7.89. The van der Waals surface area contributed by atoms with E-state index in [1.165, 1.54) is 19.2 Å². The van der Waals surface area contributed by atoms with Gasteiger partial charge in [-0.1, -0.05) is 35.3 Å². The minimum absolute atomic E-state index is 0.0190. The van der Waals surface area contributed by atoms with Gasteiger partial charge in [-0.05, 0) is 43.7 Å². The van der Waals surface area contributed by atoms with Crippen LogP contribution in [0.5, 0.6) is 0 Å². The van der Waals surface area contributed by atoms with Crippen molar-refractivity contribution in [3.8, 4) is 0 Å². The number of hydrogen-bond donors (Lipinski definition) is 2. The van der Waals surface area contributed by atoms with E-state index in [9.17, 15) is 18.0 Å². The molecule has 0 spiro atoms. The van der Waals surface area contributed by atoms with Crippen LogP contribution in [-0.2, 0) is 21.2 Å². The number of nitrogens with zero attached hydrogens (tertiary/aromatic N) is 3. The molecule has 33 heavy (non-hydrogen) atoms. The number of hydrogen-bond acceptors (Lipinski definition) is 6. The normalized spacial score (nSPS) is 12.4. The van der Waals surface area contributed by atoms with E-state index in [0.29, 0.717) is 12.0 Å². The Morgan fingerprint density at radius 1 is 1.21 bits per heavy atom. The van der Waals surface area contributed by atoms with E-state index in [2.05, 4.69) is 20.1 Å². The Labute approximate surface area is 200 Å². The highest BCUT2D eigenvalue weighted by atomic mass is 35.5. The minimum Gasteiger partial charge on any atom is -0.324 e. The zero-order valence-electron chi connectivity index (χ0n) is 17.7. The third kappa shape index (κ3) is 5.97. The molecule has 1 atom stereocenters. The highest BCUT2D eigenvalue weighted by Crippen LogP contribution is 2.21. The quantitative estimate of drug-likeness (QED) is 0.481. The average molecular weight is 510 g/mol. The van der Waals surface area contributed by atoms with E-state index < -0.39 is 27.5 Å². The molecule has 3 aromatic rings. The molecule has 0 bridgehead atoms. The maximum Gasteiger partial charge on any atom is 0.287 e. The third-order valence-corrected chi connectivity index (χ3v) is 7.14. The first-order valence-electron chi connectivity index (χ1n) is 9.84. The van der Waals surface area contributed by atoms with Gasteiger partial charge in [0, 0.05) is 30.5 Å². The monoisotopic (exact) mass is 509 g/mol. The van der Waals surface area contributed by atoms with Crippen LogP contribution in [0, 0.1) is 6.92 Å². The molecule has 0 saturated heterocycles. The van der Waals surface area contributed by atoms with Gasteiger partial charge in [-0.15, -0.1) is 0 Å². The molecule has 2 N–H and O–H groups in total. The number of rotatable bonds is 8. The minimum atomic E-state index is -3.84. The van der Waals surface area contributed by atoms with Gasteiger partial charge in [0.15, 0.2) is 0 Å². The van der Waals surface area contributed by atoms with Crippen LogP contribution < -0.4 is 15.6 Å². The van der Waals surface area contributed by atoms with Crippen LogP contribution in [0.4, 0.5) is 5.69 Å². The number of aryl methyl sites for hydroxylation is 1. The van der Waals surface area contributed by atoms with E-state index in [0.717, 1.165) is 10.4 Å². The smallest absolute Gasteiger partial charge is 0.287 e. The Morgan fingerprint density at radius 2 is 1.97 bits per heavy atom. The molecule has 0 fully saturated rings. The first-order chi connectivity index (χ1) is 15.6. The van der Waals surface area contributed by atoms with Crippen molar-refractivity contribution in [2.45, 2.75) is 31.2 Å². The topological polar surface area (TPSA) is 123 Å². The summed E-state index contributed by atoms with van der Waals surface area (Å²) in [5.74, 6) is -0.585. The van der Waals surface area contributed by atoms with Crippen molar-refractivity contribution < 1.29 is 13.2 Å². The lowest BCUT2D eigenvalue weighted by Crippen LogP contribution is -2.33. The summed E-state index contributed by atoms with van der Waals surface area (Å²) in [5, 5.41) is 6.19. The number of halogens is 2. The Balaban J connectivity index is 1.74. The predicted molar refractivity (Wildman–Crippen MR) is 126 cm³/mol. The van der Waals surface area contributed by atoms with Crippen LogP contribution in [0.3, 0.4) is 0 Å².